The highest BCUT2D eigenvalue weighted by Gasteiger charge is 2.16. The van der Waals surface area contributed by atoms with Crippen LogP contribution in [0, 0.1) is 0 Å². The zero-order chi connectivity index (χ0) is 48.7. The van der Waals surface area contributed by atoms with Crippen molar-refractivity contribution < 1.29 is 38.5 Å². The topological polar surface area (TPSA) is 123 Å². The van der Waals surface area contributed by atoms with E-state index < -0.39 is 5.97 Å². The molecular weight excluding hydrogens is 829 g/mol. The summed E-state index contributed by atoms with van der Waals surface area (Å²) in [6.07, 6.45) is 38.3. The van der Waals surface area contributed by atoms with Crippen LogP contribution in [0.25, 0.3) is 0 Å². The van der Waals surface area contributed by atoms with Crippen LogP contribution < -0.4 is 0 Å². The fourth-order valence-corrected chi connectivity index (χ4v) is 8.89. The molecule has 0 aromatic carbocycles. The quantitative estimate of drug-likeness (QED) is 0.0358. The van der Waals surface area contributed by atoms with Crippen LogP contribution in [0.3, 0.4) is 0 Å². The molecule has 0 aliphatic heterocycles. The maximum absolute atomic E-state index is 12.4. The second-order valence-corrected chi connectivity index (χ2v) is 19.5. The molecule has 0 aromatic rings. The zero-order valence-corrected chi connectivity index (χ0v) is 44.3. The number of nitrogens with zero attached hydrogens (tertiary/aromatic N) is 2. The Kier molecular flexibility index (Phi) is 46.3. The smallest absolute Gasteiger partial charge is 0.317 e. The van der Waals surface area contributed by atoms with Gasteiger partial charge in [-0.15, -0.1) is 0 Å². The van der Waals surface area contributed by atoms with E-state index in [1.54, 1.807) is 0 Å². The molecule has 0 aliphatic rings. The van der Waals surface area contributed by atoms with Crippen molar-refractivity contribution in [2.24, 2.45) is 0 Å². The summed E-state index contributed by atoms with van der Waals surface area (Å²) in [5.41, 5.74) is 0. The molecular formula is C56H108N2O8. The second kappa shape index (κ2) is 47.8. The van der Waals surface area contributed by atoms with E-state index in [0.717, 1.165) is 187 Å². The maximum Gasteiger partial charge on any atom is 0.317 e. The number of hydrogen-bond donors (Lipinski definition) is 1. The molecule has 66 heavy (non-hydrogen) atoms. The van der Waals surface area contributed by atoms with Crippen LogP contribution in [-0.2, 0) is 33.4 Å². The van der Waals surface area contributed by atoms with Crippen LogP contribution >= 0.6 is 0 Å². The fraction of sp³-hybridized carbons (Fsp3) is 0.929. The summed E-state index contributed by atoms with van der Waals surface area (Å²) in [6.45, 7) is 17.7. The third-order valence-electron chi connectivity index (χ3n) is 13.3. The van der Waals surface area contributed by atoms with Gasteiger partial charge in [-0.1, -0.05) is 157 Å². The molecule has 3 unspecified atom stereocenters. The summed E-state index contributed by atoms with van der Waals surface area (Å²) < 4.78 is 17.2. The maximum atomic E-state index is 12.4. The van der Waals surface area contributed by atoms with Crippen LogP contribution in [-0.4, -0.2) is 96.4 Å². The minimum Gasteiger partial charge on any atom is -0.480 e. The van der Waals surface area contributed by atoms with Gasteiger partial charge in [0.15, 0.2) is 0 Å². The molecule has 0 saturated carbocycles. The van der Waals surface area contributed by atoms with Crippen molar-refractivity contribution in [3.63, 3.8) is 0 Å². The SMILES string of the molecule is CCCCCC(CC)OC(=O)CCCCCCCCN(CCCCCCCCC(=O)OC(CC)CCCCC)CCCN(CCCCCCCCC(=O)OC(CC)CCCCC)CC(=O)O. The van der Waals surface area contributed by atoms with Gasteiger partial charge in [0, 0.05) is 19.3 Å². The Balaban J connectivity index is 4.73. The number of carbonyl (C=O) groups is 4. The van der Waals surface area contributed by atoms with E-state index in [9.17, 15) is 24.3 Å². The third kappa shape index (κ3) is 41.9. The van der Waals surface area contributed by atoms with Gasteiger partial charge in [0.2, 0.25) is 0 Å². The fourth-order valence-electron chi connectivity index (χ4n) is 8.89. The number of aliphatic carboxylic acids is 1. The van der Waals surface area contributed by atoms with Crippen LogP contribution in [0.1, 0.15) is 279 Å². The first kappa shape index (κ1) is 63.8. The largest absolute Gasteiger partial charge is 0.480 e. The van der Waals surface area contributed by atoms with Crippen LogP contribution in [0.2, 0.25) is 0 Å². The summed E-state index contributed by atoms with van der Waals surface area (Å²) >= 11 is 0. The Morgan fingerprint density at radius 1 is 0.348 bits per heavy atom. The Morgan fingerprint density at radius 3 is 0.924 bits per heavy atom. The molecule has 0 heterocycles. The standard InChI is InChI=1S/C56H108N2O8/c1-7-13-28-38-50(10-4)64-54(61)41-31-22-16-19-25-34-44-57(45-35-26-20-17-23-32-42-55(62)65-51(11-5)39-29-14-8-2)47-37-48-58(49-53(59)60)46-36-27-21-18-24-33-43-56(63)66-52(12-6)40-30-15-9-3/h50-52H,7-49H2,1-6H3,(H,59,60). The van der Waals surface area contributed by atoms with Crippen molar-refractivity contribution >= 4 is 23.9 Å². The molecule has 3 atom stereocenters. The minimum atomic E-state index is -0.761. The third-order valence-corrected chi connectivity index (χ3v) is 13.3. The number of hydrogen-bond acceptors (Lipinski definition) is 9. The number of ether oxygens (including phenoxy) is 3. The van der Waals surface area contributed by atoms with Crippen LogP contribution in [0.4, 0.5) is 0 Å². The van der Waals surface area contributed by atoms with Gasteiger partial charge in [-0.05, 0) is 135 Å². The van der Waals surface area contributed by atoms with Gasteiger partial charge >= 0.3 is 23.9 Å². The molecule has 10 heteroatoms. The molecule has 0 fully saturated rings. The van der Waals surface area contributed by atoms with Crippen molar-refractivity contribution in [2.45, 2.75) is 297 Å². The van der Waals surface area contributed by atoms with Gasteiger partial charge in [-0.25, -0.2) is 0 Å². The zero-order valence-electron chi connectivity index (χ0n) is 44.3. The van der Waals surface area contributed by atoms with Crippen LogP contribution in [0.5, 0.6) is 0 Å². The first-order valence-electron chi connectivity index (χ1n) is 28.4. The van der Waals surface area contributed by atoms with Gasteiger partial charge < -0.3 is 24.2 Å². The molecule has 390 valence electrons. The summed E-state index contributed by atoms with van der Waals surface area (Å²) in [5, 5.41) is 9.68. The van der Waals surface area contributed by atoms with Crippen molar-refractivity contribution in [3.05, 3.63) is 0 Å². The molecule has 0 saturated heterocycles. The van der Waals surface area contributed by atoms with Gasteiger partial charge in [-0.3, -0.25) is 24.1 Å². The second-order valence-electron chi connectivity index (χ2n) is 19.5. The van der Waals surface area contributed by atoms with E-state index in [2.05, 4.69) is 51.3 Å². The van der Waals surface area contributed by atoms with E-state index in [1.807, 2.05) is 0 Å². The average Bonchev–Trinajstić information content (AvgIpc) is 3.30. The molecule has 0 bridgehead atoms. The number of rotatable bonds is 51. The number of carboxylic acids is 1. The Hall–Kier alpha value is -2.20. The first-order chi connectivity index (χ1) is 32.1. The normalized spacial score (nSPS) is 13.0. The predicted molar refractivity (Wildman–Crippen MR) is 275 cm³/mol. The van der Waals surface area contributed by atoms with E-state index in [1.165, 1.54) is 64.2 Å². The van der Waals surface area contributed by atoms with Crippen molar-refractivity contribution in [2.75, 3.05) is 39.3 Å². The summed E-state index contributed by atoms with van der Waals surface area (Å²) in [7, 11) is 0. The summed E-state index contributed by atoms with van der Waals surface area (Å²) in [4.78, 5) is 53.7. The first-order valence-corrected chi connectivity index (χ1v) is 28.4. The van der Waals surface area contributed by atoms with E-state index >= 15 is 0 Å². The Bertz CT molecular complexity index is 1070. The van der Waals surface area contributed by atoms with E-state index in [0.29, 0.717) is 19.3 Å². The van der Waals surface area contributed by atoms with Gasteiger partial charge in [0.1, 0.15) is 18.3 Å². The number of unbranched alkanes of at least 4 members (excludes halogenated alkanes) is 21. The van der Waals surface area contributed by atoms with Crippen molar-refractivity contribution in [1.29, 1.82) is 0 Å². The van der Waals surface area contributed by atoms with Gasteiger partial charge in [0.25, 0.3) is 0 Å². The predicted octanol–water partition coefficient (Wildman–Crippen LogP) is 15.0. The number of esters is 3. The number of carbonyl (C=O) groups excluding carboxylic acids is 3. The van der Waals surface area contributed by atoms with E-state index in [4.69, 9.17) is 14.2 Å². The Morgan fingerprint density at radius 2 is 0.621 bits per heavy atom. The molecule has 0 spiro atoms. The molecule has 0 aliphatic carbocycles. The Labute approximate surface area is 407 Å². The summed E-state index contributed by atoms with van der Waals surface area (Å²) in [5.74, 6) is -0.879. The molecule has 0 amide bonds. The molecule has 0 radical (unpaired) electrons. The average molecular weight is 937 g/mol. The molecule has 0 aromatic heterocycles. The lowest BCUT2D eigenvalue weighted by Crippen LogP contribution is -2.34. The van der Waals surface area contributed by atoms with Gasteiger partial charge in [0.05, 0.1) is 6.54 Å². The highest BCUT2D eigenvalue weighted by molar-refractivity contribution is 5.70. The lowest BCUT2D eigenvalue weighted by Gasteiger charge is -2.25. The highest BCUT2D eigenvalue weighted by Crippen LogP contribution is 2.17. The molecule has 0 rings (SSSR count). The lowest BCUT2D eigenvalue weighted by atomic mass is 10.1. The van der Waals surface area contributed by atoms with E-state index in [-0.39, 0.29) is 42.8 Å². The van der Waals surface area contributed by atoms with Crippen molar-refractivity contribution in [1.82, 2.24) is 9.80 Å². The van der Waals surface area contributed by atoms with Gasteiger partial charge in [-0.2, -0.15) is 0 Å². The molecule has 10 nitrogen and oxygen atoms in total. The van der Waals surface area contributed by atoms with Crippen LogP contribution in [0.15, 0.2) is 0 Å². The van der Waals surface area contributed by atoms with Crippen molar-refractivity contribution in [3.8, 4) is 0 Å². The lowest BCUT2D eigenvalue weighted by molar-refractivity contribution is -0.150. The molecule has 1 N–H and O–H groups in total. The summed E-state index contributed by atoms with van der Waals surface area (Å²) in [6, 6.07) is 0. The highest BCUT2D eigenvalue weighted by atomic mass is 16.6. The minimum absolute atomic E-state index is 0.0326. The monoisotopic (exact) mass is 937 g/mol. The number of carboxylic acid groups (broad SMARTS) is 1.